The third-order valence-electron chi connectivity index (χ3n) is 3.21. The van der Waals surface area contributed by atoms with Gasteiger partial charge in [-0.25, -0.2) is 17.8 Å². The molecule has 0 radical (unpaired) electrons. The van der Waals surface area contributed by atoms with E-state index in [-0.39, 0.29) is 5.56 Å². The molecule has 3 rings (SSSR count). The third kappa shape index (κ3) is 3.49. The molecule has 0 saturated carbocycles. The highest BCUT2D eigenvalue weighted by molar-refractivity contribution is 7.89. The molecule has 0 bridgehead atoms. The van der Waals surface area contributed by atoms with Gasteiger partial charge in [0.2, 0.25) is 10.0 Å². The molecule has 0 atom stereocenters. The summed E-state index contributed by atoms with van der Waals surface area (Å²) >= 11 is 0. The van der Waals surface area contributed by atoms with Crippen LogP contribution < -0.4 is 4.72 Å². The van der Waals surface area contributed by atoms with Gasteiger partial charge in [0, 0.05) is 24.2 Å². The van der Waals surface area contributed by atoms with E-state index in [0.29, 0.717) is 11.3 Å². The number of aromatic nitrogens is 3. The van der Waals surface area contributed by atoms with E-state index in [1.54, 1.807) is 24.5 Å². The second kappa shape index (κ2) is 6.25. The van der Waals surface area contributed by atoms with Crippen molar-refractivity contribution in [3.63, 3.8) is 0 Å². The number of para-hydroxylation sites is 1. The summed E-state index contributed by atoms with van der Waals surface area (Å²) in [6.45, 7) is 0. The van der Waals surface area contributed by atoms with Crippen LogP contribution >= 0.6 is 0 Å². The molecule has 1 N–H and O–H groups in total. The zero-order chi connectivity index (χ0) is 17.2. The molecule has 1 amide bonds. The summed E-state index contributed by atoms with van der Waals surface area (Å²) < 4.78 is 26.3. The van der Waals surface area contributed by atoms with E-state index in [2.05, 4.69) is 10.1 Å². The number of carbonyl (C=O) groups is 1. The molecular weight excluding hydrogens is 328 g/mol. The van der Waals surface area contributed by atoms with Crippen LogP contribution in [0.4, 0.5) is 0 Å². The largest absolute Gasteiger partial charge is 0.268 e. The van der Waals surface area contributed by atoms with Crippen LogP contribution in [0.15, 0.2) is 61.1 Å². The first-order valence-corrected chi connectivity index (χ1v) is 8.91. The summed E-state index contributed by atoms with van der Waals surface area (Å²) in [5.74, 6) is -0.730. The molecule has 0 saturated heterocycles. The van der Waals surface area contributed by atoms with Gasteiger partial charge >= 0.3 is 0 Å². The molecule has 0 aliphatic carbocycles. The van der Waals surface area contributed by atoms with Gasteiger partial charge in [0.1, 0.15) is 5.69 Å². The fourth-order valence-corrected chi connectivity index (χ4v) is 2.65. The van der Waals surface area contributed by atoms with Crippen molar-refractivity contribution in [1.29, 1.82) is 0 Å². The van der Waals surface area contributed by atoms with Crippen LogP contribution in [-0.4, -0.2) is 35.3 Å². The average Bonchev–Trinajstić information content (AvgIpc) is 3.00. The summed E-state index contributed by atoms with van der Waals surface area (Å²) in [6.07, 6.45) is 5.59. The molecule has 7 nitrogen and oxygen atoms in total. The van der Waals surface area contributed by atoms with E-state index in [0.717, 1.165) is 11.9 Å². The van der Waals surface area contributed by atoms with Crippen molar-refractivity contribution in [2.75, 3.05) is 6.26 Å². The van der Waals surface area contributed by atoms with Crippen LogP contribution in [-0.2, 0) is 10.0 Å². The summed E-state index contributed by atoms with van der Waals surface area (Å²) in [4.78, 5) is 16.3. The maximum absolute atomic E-state index is 12.3. The number of pyridine rings is 1. The number of sulfonamides is 1. The Morgan fingerprint density at radius 2 is 1.75 bits per heavy atom. The molecule has 0 spiro atoms. The van der Waals surface area contributed by atoms with Gasteiger partial charge in [-0.2, -0.15) is 5.10 Å². The number of nitrogens with zero attached hydrogens (tertiary/aromatic N) is 3. The van der Waals surface area contributed by atoms with E-state index < -0.39 is 15.9 Å². The summed E-state index contributed by atoms with van der Waals surface area (Å²) in [7, 11) is -3.67. The Morgan fingerprint density at radius 1 is 1.08 bits per heavy atom. The van der Waals surface area contributed by atoms with Gasteiger partial charge in [-0.05, 0) is 24.3 Å². The molecule has 8 heteroatoms. The van der Waals surface area contributed by atoms with Gasteiger partial charge in [-0.1, -0.05) is 18.2 Å². The molecule has 3 aromatic rings. The van der Waals surface area contributed by atoms with Crippen LogP contribution in [0.5, 0.6) is 0 Å². The zero-order valence-corrected chi connectivity index (χ0v) is 13.6. The molecule has 122 valence electrons. The highest BCUT2D eigenvalue weighted by atomic mass is 32.2. The number of nitrogens with one attached hydrogen (secondary N) is 1. The lowest BCUT2D eigenvalue weighted by Crippen LogP contribution is -2.29. The average molecular weight is 342 g/mol. The summed E-state index contributed by atoms with van der Waals surface area (Å²) in [5.41, 5.74) is 1.96. The van der Waals surface area contributed by atoms with E-state index in [9.17, 15) is 13.2 Å². The molecular formula is C16H14N4O3S. The highest BCUT2D eigenvalue weighted by Crippen LogP contribution is 2.23. The lowest BCUT2D eigenvalue weighted by Gasteiger charge is -2.02. The molecule has 2 aromatic heterocycles. The standard InChI is InChI=1S/C16H14N4O3S/c1-24(22,23)19-16(21)14-11-20(13-5-3-2-4-6-13)18-15(14)12-7-9-17-10-8-12/h2-11H,1H3,(H,19,21). The number of hydrogen-bond acceptors (Lipinski definition) is 5. The maximum Gasteiger partial charge on any atom is 0.268 e. The Morgan fingerprint density at radius 3 is 2.38 bits per heavy atom. The monoisotopic (exact) mass is 342 g/mol. The van der Waals surface area contributed by atoms with Crippen LogP contribution in [0.2, 0.25) is 0 Å². The van der Waals surface area contributed by atoms with Crippen LogP contribution in [0, 0.1) is 0 Å². The quantitative estimate of drug-likeness (QED) is 0.777. The lowest BCUT2D eigenvalue weighted by atomic mass is 10.1. The Labute approximate surface area is 139 Å². The van der Waals surface area contributed by atoms with Gasteiger partial charge in [0.15, 0.2) is 0 Å². The van der Waals surface area contributed by atoms with Crippen molar-refractivity contribution in [1.82, 2.24) is 19.5 Å². The molecule has 2 heterocycles. The van der Waals surface area contributed by atoms with Crippen LogP contribution in [0.3, 0.4) is 0 Å². The smallest absolute Gasteiger partial charge is 0.268 e. The molecule has 0 aliphatic heterocycles. The highest BCUT2D eigenvalue weighted by Gasteiger charge is 2.20. The Kier molecular flexibility index (Phi) is 4.13. The molecule has 0 unspecified atom stereocenters. The van der Waals surface area contributed by atoms with Crippen molar-refractivity contribution in [3.8, 4) is 16.9 Å². The predicted molar refractivity (Wildman–Crippen MR) is 89.1 cm³/mol. The predicted octanol–water partition coefficient (Wildman–Crippen LogP) is 1.62. The number of amides is 1. The lowest BCUT2D eigenvalue weighted by molar-refractivity contribution is 0.0982. The maximum atomic E-state index is 12.3. The number of benzene rings is 1. The number of rotatable bonds is 4. The fraction of sp³-hybridized carbons (Fsp3) is 0.0625. The second-order valence-corrected chi connectivity index (χ2v) is 6.86. The van der Waals surface area contributed by atoms with Crippen LogP contribution in [0.1, 0.15) is 10.4 Å². The minimum atomic E-state index is -3.67. The molecule has 1 aromatic carbocycles. The van der Waals surface area contributed by atoms with E-state index >= 15 is 0 Å². The third-order valence-corrected chi connectivity index (χ3v) is 3.77. The van der Waals surface area contributed by atoms with Gasteiger partial charge in [0.25, 0.3) is 5.91 Å². The minimum absolute atomic E-state index is 0.162. The minimum Gasteiger partial charge on any atom is -0.268 e. The number of hydrogen-bond donors (Lipinski definition) is 1. The SMILES string of the molecule is CS(=O)(=O)NC(=O)c1cn(-c2ccccc2)nc1-c1ccncc1. The molecule has 24 heavy (non-hydrogen) atoms. The normalized spacial score (nSPS) is 11.2. The second-order valence-electron chi connectivity index (χ2n) is 5.11. The topological polar surface area (TPSA) is 94.0 Å². The van der Waals surface area contributed by atoms with Crippen LogP contribution in [0.25, 0.3) is 16.9 Å². The van der Waals surface area contributed by atoms with Crippen molar-refractivity contribution in [2.24, 2.45) is 0 Å². The van der Waals surface area contributed by atoms with Gasteiger partial charge < -0.3 is 0 Å². The van der Waals surface area contributed by atoms with Crippen molar-refractivity contribution >= 4 is 15.9 Å². The Bertz CT molecular complexity index is 967. The van der Waals surface area contributed by atoms with E-state index in [1.807, 2.05) is 35.1 Å². The zero-order valence-electron chi connectivity index (χ0n) is 12.7. The van der Waals surface area contributed by atoms with E-state index in [4.69, 9.17) is 0 Å². The Hall–Kier alpha value is -3.00. The van der Waals surface area contributed by atoms with Crippen molar-refractivity contribution in [2.45, 2.75) is 0 Å². The van der Waals surface area contributed by atoms with Crippen molar-refractivity contribution < 1.29 is 13.2 Å². The summed E-state index contributed by atoms with van der Waals surface area (Å²) in [6, 6.07) is 12.6. The van der Waals surface area contributed by atoms with Crippen molar-refractivity contribution in [3.05, 3.63) is 66.6 Å². The first kappa shape index (κ1) is 15.9. The van der Waals surface area contributed by atoms with Gasteiger partial charge in [-0.3, -0.25) is 9.78 Å². The first-order valence-electron chi connectivity index (χ1n) is 7.02. The van der Waals surface area contributed by atoms with Gasteiger partial charge in [-0.15, -0.1) is 0 Å². The fourth-order valence-electron chi connectivity index (χ4n) is 2.20. The van der Waals surface area contributed by atoms with E-state index in [1.165, 1.54) is 10.9 Å². The molecule has 0 aliphatic rings. The van der Waals surface area contributed by atoms with Gasteiger partial charge in [0.05, 0.1) is 17.5 Å². The molecule has 0 fully saturated rings. The number of carbonyl (C=O) groups excluding carboxylic acids is 1. The Balaban J connectivity index is 2.12. The first-order chi connectivity index (χ1) is 11.4. The summed E-state index contributed by atoms with van der Waals surface area (Å²) in [5, 5.41) is 4.44.